The summed E-state index contributed by atoms with van der Waals surface area (Å²) in [4.78, 5) is 0. The minimum atomic E-state index is -0.389. The largest absolute Gasteiger partial charge is 0.497 e. The molecule has 0 spiro atoms. The minimum absolute atomic E-state index is 0.158. The summed E-state index contributed by atoms with van der Waals surface area (Å²) >= 11 is 0. The fourth-order valence-electron chi connectivity index (χ4n) is 1.24. The lowest BCUT2D eigenvalue weighted by Crippen LogP contribution is -1.96. The minimum Gasteiger partial charge on any atom is -0.497 e. The summed E-state index contributed by atoms with van der Waals surface area (Å²) in [5.41, 5.74) is 0.646. The van der Waals surface area contributed by atoms with Gasteiger partial charge in [0, 0.05) is 11.1 Å². The average molecular weight is 212 g/mol. The first-order valence-corrected chi connectivity index (χ1v) is 4.39. The predicted octanol–water partition coefficient (Wildman–Crippen LogP) is 2.01. The number of aliphatic hydroxyl groups excluding tert-OH is 1. The molecule has 0 aromatic heterocycles. The number of hydrogen-bond donors (Lipinski definition) is 1. The highest BCUT2D eigenvalue weighted by Crippen LogP contribution is 2.29. The molecule has 0 aliphatic heterocycles. The van der Waals surface area contributed by atoms with Crippen molar-refractivity contribution in [2.24, 2.45) is 0 Å². The van der Waals surface area contributed by atoms with Crippen molar-refractivity contribution >= 4 is 5.57 Å². The van der Waals surface area contributed by atoms with Gasteiger partial charge in [0.1, 0.15) is 11.5 Å². The molecular weight excluding hydrogens is 199 g/mol. The van der Waals surface area contributed by atoms with Crippen LogP contribution in [0.2, 0.25) is 0 Å². The highest BCUT2D eigenvalue weighted by atomic mass is 19.1. The molecule has 0 heterocycles. The summed E-state index contributed by atoms with van der Waals surface area (Å²) in [6.45, 7) is -0.389. The summed E-state index contributed by atoms with van der Waals surface area (Å²) in [6.07, 6.45) is 0.358. The molecule has 1 aromatic carbocycles. The second-order valence-corrected chi connectivity index (χ2v) is 2.86. The zero-order chi connectivity index (χ0) is 11.3. The van der Waals surface area contributed by atoms with Crippen LogP contribution in [0.15, 0.2) is 24.5 Å². The van der Waals surface area contributed by atoms with Crippen LogP contribution in [0.5, 0.6) is 11.5 Å². The van der Waals surface area contributed by atoms with Gasteiger partial charge < -0.3 is 14.6 Å². The van der Waals surface area contributed by atoms with Gasteiger partial charge in [-0.3, -0.25) is 0 Å². The molecule has 0 aliphatic rings. The van der Waals surface area contributed by atoms with E-state index in [1.165, 1.54) is 14.2 Å². The molecule has 0 amide bonds. The van der Waals surface area contributed by atoms with E-state index in [1.807, 2.05) is 0 Å². The Morgan fingerprint density at radius 1 is 1.40 bits per heavy atom. The standard InChI is InChI=1S/C11H13FO3/c1-14-9-3-4-11(15-2)10(5-9)8(6-12)7-13/h3-6,13H,7H2,1-2H3. The van der Waals surface area contributed by atoms with Gasteiger partial charge in [0.25, 0.3) is 0 Å². The molecule has 0 fully saturated rings. The second-order valence-electron chi connectivity index (χ2n) is 2.86. The van der Waals surface area contributed by atoms with Crippen LogP contribution < -0.4 is 9.47 Å². The van der Waals surface area contributed by atoms with E-state index in [1.54, 1.807) is 18.2 Å². The number of methoxy groups -OCH3 is 2. The molecule has 0 saturated carbocycles. The summed E-state index contributed by atoms with van der Waals surface area (Å²) in [7, 11) is 3.00. The molecule has 4 heteroatoms. The maximum absolute atomic E-state index is 12.5. The number of ether oxygens (including phenoxy) is 2. The lowest BCUT2D eigenvalue weighted by atomic mass is 10.1. The Hall–Kier alpha value is -1.55. The number of halogens is 1. The average Bonchev–Trinajstić information content (AvgIpc) is 2.30. The molecule has 0 atom stereocenters. The van der Waals surface area contributed by atoms with Crippen LogP contribution >= 0.6 is 0 Å². The lowest BCUT2D eigenvalue weighted by Gasteiger charge is -2.10. The van der Waals surface area contributed by atoms with E-state index in [9.17, 15) is 4.39 Å². The number of rotatable bonds is 4. The molecule has 1 aromatic rings. The van der Waals surface area contributed by atoms with E-state index in [-0.39, 0.29) is 12.2 Å². The third-order valence-corrected chi connectivity index (χ3v) is 2.05. The Morgan fingerprint density at radius 2 is 2.13 bits per heavy atom. The molecule has 1 N–H and O–H groups in total. The van der Waals surface area contributed by atoms with Crippen molar-refractivity contribution in [3.8, 4) is 11.5 Å². The second kappa shape index (κ2) is 5.36. The van der Waals surface area contributed by atoms with Gasteiger partial charge >= 0.3 is 0 Å². The quantitative estimate of drug-likeness (QED) is 0.829. The van der Waals surface area contributed by atoms with E-state index in [0.29, 0.717) is 23.4 Å². The fourth-order valence-corrected chi connectivity index (χ4v) is 1.24. The van der Waals surface area contributed by atoms with Gasteiger partial charge in [-0.2, -0.15) is 0 Å². The molecule has 0 aliphatic carbocycles. The third-order valence-electron chi connectivity index (χ3n) is 2.05. The van der Waals surface area contributed by atoms with Crippen molar-refractivity contribution in [2.75, 3.05) is 20.8 Å². The molecule has 82 valence electrons. The van der Waals surface area contributed by atoms with Gasteiger partial charge in [0.2, 0.25) is 0 Å². The van der Waals surface area contributed by atoms with Gasteiger partial charge in [0.15, 0.2) is 0 Å². The molecule has 3 nitrogen and oxygen atoms in total. The van der Waals surface area contributed by atoms with Crippen LogP contribution in [0.4, 0.5) is 4.39 Å². The molecule has 0 bridgehead atoms. The number of aliphatic hydroxyl groups is 1. The highest BCUT2D eigenvalue weighted by Gasteiger charge is 2.09. The molecule has 0 radical (unpaired) electrons. The van der Waals surface area contributed by atoms with Gasteiger partial charge in [-0.25, -0.2) is 4.39 Å². The van der Waals surface area contributed by atoms with Crippen molar-refractivity contribution in [2.45, 2.75) is 0 Å². The lowest BCUT2D eigenvalue weighted by molar-refractivity contribution is 0.347. The van der Waals surface area contributed by atoms with Crippen LogP contribution in [0.3, 0.4) is 0 Å². The Balaban J connectivity index is 3.22. The van der Waals surface area contributed by atoms with E-state index in [2.05, 4.69) is 0 Å². The van der Waals surface area contributed by atoms with E-state index < -0.39 is 0 Å². The Labute approximate surface area is 87.8 Å². The van der Waals surface area contributed by atoms with Crippen molar-refractivity contribution in [3.63, 3.8) is 0 Å². The SMILES string of the molecule is COc1ccc(OC)c(C(=CF)CO)c1. The molecule has 0 saturated heterocycles. The Morgan fingerprint density at radius 3 is 2.60 bits per heavy atom. The van der Waals surface area contributed by atoms with Crippen LogP contribution in [0, 0.1) is 0 Å². The van der Waals surface area contributed by atoms with Crippen LogP contribution in [0.25, 0.3) is 5.57 Å². The van der Waals surface area contributed by atoms with Gasteiger partial charge in [-0.05, 0) is 18.2 Å². The number of hydrogen-bond acceptors (Lipinski definition) is 3. The van der Waals surface area contributed by atoms with Crippen LogP contribution in [0.1, 0.15) is 5.56 Å². The van der Waals surface area contributed by atoms with Crippen molar-refractivity contribution < 1.29 is 19.0 Å². The smallest absolute Gasteiger partial charge is 0.126 e. The number of benzene rings is 1. The third kappa shape index (κ3) is 2.47. The van der Waals surface area contributed by atoms with Gasteiger partial charge in [-0.1, -0.05) is 0 Å². The monoisotopic (exact) mass is 212 g/mol. The fraction of sp³-hybridized carbons (Fsp3) is 0.273. The predicted molar refractivity (Wildman–Crippen MR) is 55.7 cm³/mol. The summed E-state index contributed by atoms with van der Waals surface area (Å²) in [5.74, 6) is 1.08. The first-order valence-electron chi connectivity index (χ1n) is 4.39. The first kappa shape index (κ1) is 11.5. The van der Waals surface area contributed by atoms with Crippen molar-refractivity contribution in [1.82, 2.24) is 0 Å². The molecule has 0 unspecified atom stereocenters. The van der Waals surface area contributed by atoms with Crippen molar-refractivity contribution in [1.29, 1.82) is 0 Å². The first-order chi connectivity index (χ1) is 7.26. The van der Waals surface area contributed by atoms with Gasteiger partial charge in [0.05, 0.1) is 27.2 Å². The van der Waals surface area contributed by atoms with Gasteiger partial charge in [-0.15, -0.1) is 0 Å². The topological polar surface area (TPSA) is 38.7 Å². The van der Waals surface area contributed by atoms with E-state index in [4.69, 9.17) is 14.6 Å². The zero-order valence-corrected chi connectivity index (χ0v) is 8.66. The molecule has 1 rings (SSSR count). The van der Waals surface area contributed by atoms with Crippen molar-refractivity contribution in [3.05, 3.63) is 30.1 Å². The maximum Gasteiger partial charge on any atom is 0.126 e. The zero-order valence-electron chi connectivity index (χ0n) is 8.66. The highest BCUT2D eigenvalue weighted by molar-refractivity contribution is 5.71. The van der Waals surface area contributed by atoms with E-state index >= 15 is 0 Å². The maximum atomic E-state index is 12.5. The normalized spacial score (nSPS) is 11.3. The summed E-state index contributed by atoms with van der Waals surface area (Å²) in [5, 5.41) is 8.96. The Bertz CT molecular complexity index is 361. The molecular formula is C11H13FO3. The Kier molecular flexibility index (Phi) is 4.12. The summed E-state index contributed by atoms with van der Waals surface area (Å²) < 4.78 is 22.5. The van der Waals surface area contributed by atoms with E-state index in [0.717, 1.165) is 0 Å². The summed E-state index contributed by atoms with van der Waals surface area (Å²) in [6, 6.07) is 4.98. The van der Waals surface area contributed by atoms with Crippen LogP contribution in [-0.4, -0.2) is 25.9 Å². The molecule has 15 heavy (non-hydrogen) atoms. The van der Waals surface area contributed by atoms with Crippen LogP contribution in [-0.2, 0) is 0 Å².